The van der Waals surface area contributed by atoms with Crippen molar-refractivity contribution in [2.45, 2.75) is 38.8 Å². The van der Waals surface area contributed by atoms with Crippen molar-refractivity contribution in [2.24, 2.45) is 0 Å². The smallest absolute Gasteiger partial charge is 0.205 e. The molecular formula is C35H32N6O. The van der Waals surface area contributed by atoms with Crippen LogP contribution in [0.3, 0.4) is 0 Å². The van der Waals surface area contributed by atoms with E-state index in [0.717, 1.165) is 53.5 Å². The molecule has 1 unspecified atom stereocenters. The van der Waals surface area contributed by atoms with Crippen LogP contribution < -0.4 is 0 Å². The number of hydrogen-bond acceptors (Lipinski definition) is 5. The second-order valence-electron chi connectivity index (χ2n) is 10.6. The molecule has 1 N–H and O–H groups in total. The number of ether oxygens (including phenoxy) is 1. The molecule has 2 aromatic heterocycles. The van der Waals surface area contributed by atoms with Crippen molar-refractivity contribution in [1.82, 2.24) is 30.4 Å². The van der Waals surface area contributed by atoms with Crippen LogP contribution in [0.25, 0.3) is 44.6 Å². The Kier molecular flexibility index (Phi) is 7.16. The SMILES string of the molecule is CCC(=C(c1ccc(-c2ccccc2-c2nn[nH]n2)cc1)c1ccc2c(cnn2C2CCCCO2)c1)c1ccccc1. The standard InChI is InChI=1S/C35H32N6O/c1-2-29(24-10-4-3-5-11-24)34(27-19-20-32-28(22-27)23-36-41(32)33-14-8-9-21-42-33)26-17-15-25(16-18-26)30-12-6-7-13-31(30)35-37-39-40-38-35/h3-7,10-13,15-20,22-23,33H,2,8-9,14,21H2,1H3,(H,37,38,39,40). The lowest BCUT2D eigenvalue weighted by Crippen LogP contribution is -2.18. The fourth-order valence-electron chi connectivity index (χ4n) is 6.06. The van der Waals surface area contributed by atoms with Crippen molar-refractivity contribution >= 4 is 22.0 Å². The maximum atomic E-state index is 6.05. The molecule has 0 spiro atoms. The molecule has 0 bridgehead atoms. The fourth-order valence-corrected chi connectivity index (χ4v) is 6.06. The molecule has 1 aliphatic heterocycles. The zero-order valence-corrected chi connectivity index (χ0v) is 23.6. The summed E-state index contributed by atoms with van der Waals surface area (Å²) in [4.78, 5) is 0. The van der Waals surface area contributed by atoms with E-state index in [1.54, 1.807) is 0 Å². The second-order valence-corrected chi connectivity index (χ2v) is 10.6. The first-order valence-corrected chi connectivity index (χ1v) is 14.6. The van der Waals surface area contributed by atoms with Crippen LogP contribution in [0.5, 0.6) is 0 Å². The normalized spacial score (nSPS) is 16.0. The monoisotopic (exact) mass is 552 g/mol. The minimum atomic E-state index is 0.00973. The Labute approximate surface area is 244 Å². The number of hydrogen-bond donors (Lipinski definition) is 1. The first-order valence-electron chi connectivity index (χ1n) is 14.6. The summed E-state index contributed by atoms with van der Waals surface area (Å²) in [5.41, 5.74) is 10.3. The molecule has 0 aliphatic carbocycles. The van der Waals surface area contributed by atoms with Crippen LogP contribution in [-0.4, -0.2) is 37.0 Å². The van der Waals surface area contributed by atoms with E-state index in [0.29, 0.717) is 5.82 Å². The molecule has 1 fully saturated rings. The van der Waals surface area contributed by atoms with Gasteiger partial charge in [-0.3, -0.25) is 0 Å². The van der Waals surface area contributed by atoms with Crippen LogP contribution in [0.15, 0.2) is 103 Å². The summed E-state index contributed by atoms with van der Waals surface area (Å²) in [6.45, 7) is 3.03. The highest BCUT2D eigenvalue weighted by Gasteiger charge is 2.20. The number of H-pyrrole nitrogens is 1. The number of fused-ring (bicyclic) bond motifs is 1. The molecular weight excluding hydrogens is 520 g/mol. The number of aromatic nitrogens is 6. The van der Waals surface area contributed by atoms with Gasteiger partial charge in [0.2, 0.25) is 5.82 Å². The molecule has 1 atom stereocenters. The summed E-state index contributed by atoms with van der Waals surface area (Å²) >= 11 is 0. The molecule has 4 aromatic carbocycles. The molecule has 208 valence electrons. The Balaban J connectivity index is 1.33. The van der Waals surface area contributed by atoms with Gasteiger partial charge in [-0.05, 0) is 82.0 Å². The lowest BCUT2D eigenvalue weighted by molar-refractivity contribution is -0.0366. The molecule has 1 aliphatic rings. The van der Waals surface area contributed by atoms with Gasteiger partial charge in [0.25, 0.3) is 0 Å². The van der Waals surface area contributed by atoms with Gasteiger partial charge < -0.3 is 4.74 Å². The predicted molar refractivity (Wildman–Crippen MR) is 166 cm³/mol. The van der Waals surface area contributed by atoms with Crippen molar-refractivity contribution in [3.8, 4) is 22.5 Å². The predicted octanol–water partition coefficient (Wildman–Crippen LogP) is 7.95. The minimum absolute atomic E-state index is 0.00973. The van der Waals surface area contributed by atoms with E-state index in [4.69, 9.17) is 9.84 Å². The average molecular weight is 553 g/mol. The number of rotatable bonds is 7. The van der Waals surface area contributed by atoms with Gasteiger partial charge in [0.05, 0.1) is 11.7 Å². The van der Waals surface area contributed by atoms with E-state index >= 15 is 0 Å². The molecule has 6 aromatic rings. The summed E-state index contributed by atoms with van der Waals surface area (Å²) in [5.74, 6) is 0.583. The van der Waals surface area contributed by atoms with E-state index in [1.807, 2.05) is 24.4 Å². The molecule has 3 heterocycles. The topological polar surface area (TPSA) is 81.5 Å². The molecule has 0 radical (unpaired) electrons. The Bertz CT molecular complexity index is 1830. The Morgan fingerprint density at radius 3 is 2.38 bits per heavy atom. The first kappa shape index (κ1) is 26.0. The summed E-state index contributed by atoms with van der Waals surface area (Å²) in [5, 5.41) is 20.6. The third-order valence-corrected chi connectivity index (χ3v) is 8.09. The quantitative estimate of drug-likeness (QED) is 0.203. The van der Waals surface area contributed by atoms with Gasteiger partial charge in [0, 0.05) is 17.6 Å². The minimum Gasteiger partial charge on any atom is -0.356 e. The van der Waals surface area contributed by atoms with Crippen LogP contribution in [0, 0.1) is 0 Å². The Hall–Kier alpha value is -4.88. The van der Waals surface area contributed by atoms with E-state index in [9.17, 15) is 0 Å². The van der Waals surface area contributed by atoms with Crippen LogP contribution in [0.1, 0.15) is 55.5 Å². The molecule has 0 saturated carbocycles. The number of benzene rings is 4. The molecule has 7 nitrogen and oxygen atoms in total. The van der Waals surface area contributed by atoms with Crippen LogP contribution in [0.4, 0.5) is 0 Å². The van der Waals surface area contributed by atoms with E-state index in [1.165, 1.54) is 34.3 Å². The molecule has 0 amide bonds. The summed E-state index contributed by atoms with van der Waals surface area (Å²) in [6.07, 6.45) is 6.17. The zero-order chi connectivity index (χ0) is 28.3. The molecule has 42 heavy (non-hydrogen) atoms. The van der Waals surface area contributed by atoms with Gasteiger partial charge in [0.15, 0.2) is 6.23 Å². The largest absolute Gasteiger partial charge is 0.356 e. The summed E-state index contributed by atoms with van der Waals surface area (Å²) in [6, 6.07) is 34.4. The average Bonchev–Trinajstić information content (AvgIpc) is 3.75. The van der Waals surface area contributed by atoms with Crippen molar-refractivity contribution in [3.63, 3.8) is 0 Å². The molecule has 7 rings (SSSR count). The maximum Gasteiger partial charge on any atom is 0.205 e. The summed E-state index contributed by atoms with van der Waals surface area (Å²) in [7, 11) is 0. The Morgan fingerprint density at radius 2 is 1.64 bits per heavy atom. The van der Waals surface area contributed by atoms with Gasteiger partial charge in [0.1, 0.15) is 0 Å². The lowest BCUT2D eigenvalue weighted by atomic mass is 9.87. The maximum absolute atomic E-state index is 6.05. The summed E-state index contributed by atoms with van der Waals surface area (Å²) < 4.78 is 8.10. The molecule has 1 saturated heterocycles. The van der Waals surface area contributed by atoms with Gasteiger partial charge in [-0.25, -0.2) is 4.68 Å². The van der Waals surface area contributed by atoms with Crippen LogP contribution in [0.2, 0.25) is 0 Å². The lowest BCUT2D eigenvalue weighted by Gasteiger charge is -2.23. The Morgan fingerprint density at radius 1 is 0.857 bits per heavy atom. The van der Waals surface area contributed by atoms with Crippen LogP contribution >= 0.6 is 0 Å². The van der Waals surface area contributed by atoms with Crippen molar-refractivity contribution in [3.05, 3.63) is 120 Å². The van der Waals surface area contributed by atoms with Crippen molar-refractivity contribution < 1.29 is 4.74 Å². The van der Waals surface area contributed by atoms with Gasteiger partial charge in [-0.15, -0.1) is 10.2 Å². The van der Waals surface area contributed by atoms with E-state index in [2.05, 4.69) is 111 Å². The second kappa shape index (κ2) is 11.5. The number of allylic oxidation sites excluding steroid dienone is 1. The number of aromatic amines is 1. The van der Waals surface area contributed by atoms with E-state index < -0.39 is 0 Å². The highest BCUT2D eigenvalue weighted by atomic mass is 16.5. The first-order chi connectivity index (χ1) is 20.8. The third kappa shape index (κ3) is 4.92. The number of nitrogens with one attached hydrogen (secondary N) is 1. The van der Waals surface area contributed by atoms with Gasteiger partial charge >= 0.3 is 0 Å². The van der Waals surface area contributed by atoms with E-state index in [-0.39, 0.29) is 6.23 Å². The van der Waals surface area contributed by atoms with Gasteiger partial charge in [-0.1, -0.05) is 91.9 Å². The number of tetrazole rings is 1. The van der Waals surface area contributed by atoms with Crippen molar-refractivity contribution in [2.75, 3.05) is 6.61 Å². The van der Waals surface area contributed by atoms with Crippen LogP contribution in [-0.2, 0) is 4.74 Å². The number of nitrogens with zero attached hydrogens (tertiary/aromatic N) is 5. The molecule has 7 heteroatoms. The van der Waals surface area contributed by atoms with Gasteiger partial charge in [-0.2, -0.15) is 10.3 Å². The highest BCUT2D eigenvalue weighted by Crippen LogP contribution is 2.38. The highest BCUT2D eigenvalue weighted by molar-refractivity contribution is 6.00. The zero-order valence-electron chi connectivity index (χ0n) is 23.6. The van der Waals surface area contributed by atoms with Crippen molar-refractivity contribution in [1.29, 1.82) is 0 Å². The fraction of sp³-hybridized carbons (Fsp3) is 0.200. The third-order valence-electron chi connectivity index (χ3n) is 8.09.